The van der Waals surface area contributed by atoms with E-state index in [2.05, 4.69) is 21.5 Å². The predicted molar refractivity (Wildman–Crippen MR) is 63.1 cm³/mol. The Morgan fingerprint density at radius 1 is 1.53 bits per heavy atom. The summed E-state index contributed by atoms with van der Waals surface area (Å²) in [7, 11) is 0. The Bertz CT molecular complexity index is 465. The number of carbonyl (C=O) groups is 2. The van der Waals surface area contributed by atoms with Crippen molar-refractivity contribution >= 4 is 17.5 Å². The Morgan fingerprint density at radius 2 is 2.29 bits per heavy atom. The van der Waals surface area contributed by atoms with Crippen LogP contribution in [0.15, 0.2) is 18.5 Å². The number of nitrogens with two attached hydrogens (primary N) is 1. The Kier molecular flexibility index (Phi) is 4.51. The molecule has 0 aliphatic heterocycles. The van der Waals surface area contributed by atoms with Gasteiger partial charge in [0.1, 0.15) is 0 Å². The van der Waals surface area contributed by atoms with E-state index in [1.807, 2.05) is 0 Å². The highest BCUT2D eigenvalue weighted by Gasteiger charge is 2.08. The van der Waals surface area contributed by atoms with E-state index >= 15 is 0 Å². The molecule has 0 bridgehead atoms. The Hall–Kier alpha value is -2.55. The lowest BCUT2D eigenvalue weighted by Crippen LogP contribution is -2.30. The largest absolute Gasteiger partial charge is 0.375 e. The first-order valence-electron chi connectivity index (χ1n) is 4.83. The minimum absolute atomic E-state index is 0.00593. The zero-order chi connectivity index (χ0) is 12.7. The summed E-state index contributed by atoms with van der Waals surface area (Å²) in [6.07, 6.45) is 7.82. The first kappa shape index (κ1) is 12.5. The van der Waals surface area contributed by atoms with Gasteiger partial charge in [-0.05, 0) is 6.07 Å². The molecule has 0 saturated heterocycles. The maximum absolute atomic E-state index is 11.3. The molecule has 0 saturated carbocycles. The molecular weight excluding hydrogens is 220 g/mol. The van der Waals surface area contributed by atoms with Gasteiger partial charge < -0.3 is 16.4 Å². The van der Waals surface area contributed by atoms with Crippen molar-refractivity contribution in [3.8, 4) is 12.3 Å². The third-order valence-corrected chi connectivity index (χ3v) is 1.91. The van der Waals surface area contributed by atoms with E-state index < -0.39 is 5.91 Å². The topological polar surface area (TPSA) is 97.1 Å². The van der Waals surface area contributed by atoms with Gasteiger partial charge in [-0.15, -0.1) is 6.42 Å². The van der Waals surface area contributed by atoms with Gasteiger partial charge in [-0.25, -0.2) is 0 Å². The van der Waals surface area contributed by atoms with Crippen molar-refractivity contribution in [3.63, 3.8) is 0 Å². The van der Waals surface area contributed by atoms with Crippen LogP contribution in [0.3, 0.4) is 0 Å². The summed E-state index contributed by atoms with van der Waals surface area (Å²) in [5.41, 5.74) is 5.85. The molecule has 0 aliphatic rings. The van der Waals surface area contributed by atoms with E-state index in [9.17, 15) is 9.59 Å². The van der Waals surface area contributed by atoms with Crippen molar-refractivity contribution in [2.75, 3.05) is 18.4 Å². The van der Waals surface area contributed by atoms with Crippen molar-refractivity contribution in [1.29, 1.82) is 0 Å². The number of pyridine rings is 1. The quantitative estimate of drug-likeness (QED) is 0.587. The minimum atomic E-state index is -0.607. The van der Waals surface area contributed by atoms with E-state index in [-0.39, 0.29) is 24.6 Å². The van der Waals surface area contributed by atoms with Crippen LogP contribution in [-0.2, 0) is 4.79 Å². The van der Waals surface area contributed by atoms with E-state index in [1.165, 1.54) is 12.4 Å². The molecule has 0 fully saturated rings. The summed E-state index contributed by atoms with van der Waals surface area (Å²) >= 11 is 0. The first-order valence-corrected chi connectivity index (χ1v) is 4.83. The smallest absolute Gasteiger partial charge is 0.252 e. The fourth-order valence-corrected chi connectivity index (χ4v) is 1.13. The Balaban J connectivity index is 2.61. The highest BCUT2D eigenvalue weighted by atomic mass is 16.2. The zero-order valence-electron chi connectivity index (χ0n) is 9.06. The summed E-state index contributed by atoms with van der Waals surface area (Å²) < 4.78 is 0. The maximum Gasteiger partial charge on any atom is 0.252 e. The number of carbonyl (C=O) groups excluding carboxylic acids is 2. The zero-order valence-corrected chi connectivity index (χ0v) is 9.06. The molecule has 0 unspecified atom stereocenters. The second-order valence-electron chi connectivity index (χ2n) is 3.12. The van der Waals surface area contributed by atoms with Crippen LogP contribution < -0.4 is 16.4 Å². The number of amides is 2. The lowest BCUT2D eigenvalue weighted by atomic mass is 10.2. The third-order valence-electron chi connectivity index (χ3n) is 1.91. The van der Waals surface area contributed by atoms with E-state index in [1.54, 1.807) is 6.07 Å². The van der Waals surface area contributed by atoms with Gasteiger partial charge in [0, 0.05) is 12.4 Å². The van der Waals surface area contributed by atoms with Crippen LogP contribution in [0.5, 0.6) is 0 Å². The summed E-state index contributed by atoms with van der Waals surface area (Å²) in [5.74, 6) is 1.41. The normalized spacial score (nSPS) is 9.12. The van der Waals surface area contributed by atoms with Crippen LogP contribution in [0, 0.1) is 12.3 Å². The van der Waals surface area contributed by atoms with Crippen molar-refractivity contribution < 1.29 is 9.59 Å². The second-order valence-corrected chi connectivity index (χ2v) is 3.12. The lowest BCUT2D eigenvalue weighted by Gasteiger charge is -2.08. The first-order chi connectivity index (χ1) is 8.15. The molecule has 0 aromatic carbocycles. The lowest BCUT2D eigenvalue weighted by molar-refractivity contribution is -0.119. The number of aromatic nitrogens is 1. The van der Waals surface area contributed by atoms with Crippen molar-refractivity contribution in [2.24, 2.45) is 5.73 Å². The van der Waals surface area contributed by atoms with Gasteiger partial charge in [0.05, 0.1) is 24.3 Å². The Morgan fingerprint density at radius 3 is 2.94 bits per heavy atom. The van der Waals surface area contributed by atoms with Gasteiger partial charge in [-0.3, -0.25) is 14.6 Å². The average molecular weight is 232 g/mol. The van der Waals surface area contributed by atoms with E-state index in [4.69, 9.17) is 12.2 Å². The number of nitrogens with one attached hydrogen (secondary N) is 2. The number of primary amides is 1. The number of nitrogens with zero attached hydrogens (tertiary/aromatic N) is 1. The van der Waals surface area contributed by atoms with Crippen LogP contribution in [0.25, 0.3) is 0 Å². The van der Waals surface area contributed by atoms with Gasteiger partial charge in [-0.1, -0.05) is 5.92 Å². The molecule has 0 aliphatic carbocycles. The van der Waals surface area contributed by atoms with Crippen LogP contribution in [0.2, 0.25) is 0 Å². The summed E-state index contributed by atoms with van der Waals surface area (Å²) in [6, 6.07) is 1.56. The number of rotatable bonds is 5. The highest BCUT2D eigenvalue weighted by Crippen LogP contribution is 2.11. The number of hydrogen-bond acceptors (Lipinski definition) is 4. The fraction of sp³-hybridized carbons (Fsp3) is 0.182. The molecule has 88 valence electrons. The molecular formula is C11H12N4O2. The van der Waals surface area contributed by atoms with Gasteiger partial charge in [0.25, 0.3) is 5.91 Å². The van der Waals surface area contributed by atoms with Crippen molar-refractivity contribution in [2.45, 2.75) is 0 Å². The van der Waals surface area contributed by atoms with Gasteiger partial charge in [0.15, 0.2) is 0 Å². The van der Waals surface area contributed by atoms with Crippen LogP contribution in [0.1, 0.15) is 10.4 Å². The van der Waals surface area contributed by atoms with E-state index in [0.29, 0.717) is 5.69 Å². The summed E-state index contributed by atoms with van der Waals surface area (Å²) in [4.78, 5) is 26.1. The molecule has 6 nitrogen and oxygen atoms in total. The Labute approximate surface area is 98.6 Å². The van der Waals surface area contributed by atoms with Crippen LogP contribution in [-0.4, -0.2) is 29.9 Å². The molecule has 0 radical (unpaired) electrons. The van der Waals surface area contributed by atoms with Crippen LogP contribution >= 0.6 is 0 Å². The molecule has 1 aromatic rings. The van der Waals surface area contributed by atoms with Gasteiger partial charge >= 0.3 is 0 Å². The molecule has 1 rings (SSSR count). The molecule has 1 aromatic heterocycles. The van der Waals surface area contributed by atoms with Crippen LogP contribution in [0.4, 0.5) is 5.69 Å². The maximum atomic E-state index is 11.3. The number of anilines is 1. The summed E-state index contributed by atoms with van der Waals surface area (Å²) in [5, 5.41) is 5.26. The molecule has 4 N–H and O–H groups in total. The standard InChI is InChI=1S/C11H12N4O2/c1-2-4-14-10(16)7-15-9-3-5-13-6-8(9)11(12)17/h1,3,5-6H,4,7H2,(H2,12,17)(H,13,15)(H,14,16). The predicted octanol–water partition coefficient (Wildman–Crippen LogP) is -0.658. The fourth-order valence-electron chi connectivity index (χ4n) is 1.13. The molecule has 2 amide bonds. The molecule has 17 heavy (non-hydrogen) atoms. The second kappa shape index (κ2) is 6.12. The third kappa shape index (κ3) is 3.83. The molecule has 1 heterocycles. The molecule has 0 spiro atoms. The number of hydrogen-bond donors (Lipinski definition) is 3. The van der Waals surface area contributed by atoms with E-state index in [0.717, 1.165) is 0 Å². The SMILES string of the molecule is C#CCNC(=O)CNc1ccncc1C(N)=O. The minimum Gasteiger partial charge on any atom is -0.375 e. The molecule has 6 heteroatoms. The highest BCUT2D eigenvalue weighted by molar-refractivity contribution is 5.98. The number of terminal acetylenes is 1. The van der Waals surface area contributed by atoms with Gasteiger partial charge in [0.2, 0.25) is 5.91 Å². The average Bonchev–Trinajstić information content (AvgIpc) is 2.34. The summed E-state index contributed by atoms with van der Waals surface area (Å²) in [6.45, 7) is 0.172. The van der Waals surface area contributed by atoms with Crippen molar-refractivity contribution in [1.82, 2.24) is 10.3 Å². The monoisotopic (exact) mass is 232 g/mol. The molecule has 0 atom stereocenters. The van der Waals surface area contributed by atoms with Crippen molar-refractivity contribution in [3.05, 3.63) is 24.0 Å². The van der Waals surface area contributed by atoms with Gasteiger partial charge in [-0.2, -0.15) is 0 Å².